The molecule has 2 heterocycles. The number of imidazole rings is 2. The summed E-state index contributed by atoms with van der Waals surface area (Å²) < 4.78 is 0. The Balaban J connectivity index is 2.20. The lowest BCUT2D eigenvalue weighted by atomic mass is 10.1. The zero-order valence-corrected chi connectivity index (χ0v) is 19.0. The molecule has 0 aromatic carbocycles. The number of carbonyl (C=O) groups excluding carboxylic acids is 3. The van der Waals surface area contributed by atoms with Crippen molar-refractivity contribution in [1.82, 2.24) is 35.9 Å². The van der Waals surface area contributed by atoms with Gasteiger partial charge in [0.1, 0.15) is 24.2 Å². The molecule has 0 saturated carbocycles. The Labute approximate surface area is 204 Å². The Morgan fingerprint density at radius 2 is 1.33 bits per heavy atom. The number of hydrogen-bond donors (Lipinski definition) is 9. The summed E-state index contributed by atoms with van der Waals surface area (Å²) in [5, 5.41) is 34.6. The minimum Gasteiger partial charge on any atom is -0.481 e. The van der Waals surface area contributed by atoms with Crippen LogP contribution in [0.3, 0.4) is 0 Å². The van der Waals surface area contributed by atoms with E-state index in [4.69, 9.17) is 15.9 Å². The maximum atomic E-state index is 13.0. The average Bonchev–Trinajstić information content (AvgIpc) is 3.54. The standard InChI is InChI=1S/C20H28N8O8/c21-12(7-29)17(32)26-13(1-2-16(30)31)18(33)27-14(3-10-5-22-8-24-10)19(34)28-15(20(35)36)4-11-6-23-9-25-11/h5-6,8-9,12-15,29H,1-4,7,21H2,(H,22,24)(H,23,25)(H,26,32)(H,27,33)(H,28,34)(H,30,31)(H,35,36). The minimum absolute atomic E-state index is 0.109. The number of amides is 3. The summed E-state index contributed by atoms with van der Waals surface area (Å²) in [6.45, 7) is -0.711. The second-order valence-corrected chi connectivity index (χ2v) is 7.81. The monoisotopic (exact) mass is 508 g/mol. The van der Waals surface area contributed by atoms with Gasteiger partial charge in [-0.1, -0.05) is 0 Å². The third kappa shape index (κ3) is 8.80. The van der Waals surface area contributed by atoms with Gasteiger partial charge in [0.2, 0.25) is 17.7 Å². The molecule has 0 saturated heterocycles. The van der Waals surface area contributed by atoms with Crippen LogP contribution in [0.1, 0.15) is 24.2 Å². The van der Waals surface area contributed by atoms with Gasteiger partial charge in [-0.15, -0.1) is 0 Å². The van der Waals surface area contributed by atoms with Crippen LogP contribution in [-0.2, 0) is 36.8 Å². The fourth-order valence-electron chi connectivity index (χ4n) is 3.08. The summed E-state index contributed by atoms with van der Waals surface area (Å²) in [6.07, 6.45) is 4.44. The molecule has 2 aromatic rings. The zero-order valence-electron chi connectivity index (χ0n) is 19.0. The molecule has 0 aliphatic rings. The molecule has 2 aromatic heterocycles. The molecule has 4 atom stereocenters. The number of nitrogens with two attached hydrogens (primary N) is 1. The third-order valence-corrected chi connectivity index (χ3v) is 5.02. The summed E-state index contributed by atoms with van der Waals surface area (Å²) in [6, 6.07) is -5.43. The van der Waals surface area contributed by atoms with Gasteiger partial charge in [0.05, 0.1) is 19.3 Å². The summed E-state index contributed by atoms with van der Waals surface area (Å²) in [4.78, 5) is 74.0. The Morgan fingerprint density at radius 1 is 0.833 bits per heavy atom. The predicted octanol–water partition coefficient (Wildman–Crippen LogP) is -3.36. The van der Waals surface area contributed by atoms with Crippen LogP contribution in [0.25, 0.3) is 0 Å². The molecule has 0 radical (unpaired) electrons. The Kier molecular flexibility index (Phi) is 10.5. The van der Waals surface area contributed by atoms with Crippen molar-refractivity contribution in [2.24, 2.45) is 5.73 Å². The van der Waals surface area contributed by atoms with Gasteiger partial charge in [0.25, 0.3) is 0 Å². The highest BCUT2D eigenvalue weighted by Crippen LogP contribution is 2.06. The third-order valence-electron chi connectivity index (χ3n) is 5.02. The molecule has 36 heavy (non-hydrogen) atoms. The number of nitrogens with one attached hydrogen (secondary N) is 5. The fraction of sp³-hybridized carbons (Fsp3) is 0.450. The first-order chi connectivity index (χ1) is 17.1. The van der Waals surface area contributed by atoms with Crippen molar-refractivity contribution in [3.8, 4) is 0 Å². The maximum absolute atomic E-state index is 13.0. The second-order valence-electron chi connectivity index (χ2n) is 7.81. The van der Waals surface area contributed by atoms with E-state index in [1.807, 2.05) is 0 Å². The van der Waals surface area contributed by atoms with Crippen molar-refractivity contribution < 1.29 is 39.3 Å². The topological polar surface area (TPSA) is 266 Å². The van der Waals surface area contributed by atoms with Crippen molar-refractivity contribution in [3.63, 3.8) is 0 Å². The maximum Gasteiger partial charge on any atom is 0.326 e. The Morgan fingerprint density at radius 3 is 1.81 bits per heavy atom. The highest BCUT2D eigenvalue weighted by molar-refractivity contribution is 5.94. The van der Waals surface area contributed by atoms with Gasteiger partial charge in [0, 0.05) is 43.0 Å². The highest BCUT2D eigenvalue weighted by Gasteiger charge is 2.31. The summed E-state index contributed by atoms with van der Waals surface area (Å²) >= 11 is 0. The van der Waals surface area contributed by atoms with E-state index in [-0.39, 0.29) is 19.3 Å². The second kappa shape index (κ2) is 13.5. The van der Waals surface area contributed by atoms with Crippen LogP contribution in [0.2, 0.25) is 0 Å². The lowest BCUT2D eigenvalue weighted by Gasteiger charge is -2.24. The van der Waals surface area contributed by atoms with Gasteiger partial charge >= 0.3 is 11.9 Å². The first kappa shape index (κ1) is 27.9. The molecule has 2 rings (SSSR count). The van der Waals surface area contributed by atoms with E-state index >= 15 is 0 Å². The zero-order chi connectivity index (χ0) is 26.7. The van der Waals surface area contributed by atoms with Crippen molar-refractivity contribution in [1.29, 1.82) is 0 Å². The van der Waals surface area contributed by atoms with Crippen LogP contribution in [0.5, 0.6) is 0 Å². The number of aromatic nitrogens is 4. The molecular weight excluding hydrogens is 480 g/mol. The smallest absolute Gasteiger partial charge is 0.326 e. The summed E-state index contributed by atoms with van der Waals surface area (Å²) in [5.74, 6) is -5.21. The number of nitrogens with zero attached hydrogens (tertiary/aromatic N) is 2. The predicted molar refractivity (Wildman–Crippen MR) is 120 cm³/mol. The highest BCUT2D eigenvalue weighted by atomic mass is 16.4. The molecule has 196 valence electrons. The van der Waals surface area contributed by atoms with Gasteiger partial charge in [-0.3, -0.25) is 19.2 Å². The number of carboxylic acid groups (broad SMARTS) is 2. The first-order valence-electron chi connectivity index (χ1n) is 10.8. The molecule has 0 fully saturated rings. The van der Waals surface area contributed by atoms with Crippen LogP contribution >= 0.6 is 0 Å². The van der Waals surface area contributed by atoms with Crippen molar-refractivity contribution >= 4 is 29.7 Å². The van der Waals surface area contributed by atoms with E-state index in [1.165, 1.54) is 25.0 Å². The number of rotatable bonds is 15. The SMILES string of the molecule is NC(CO)C(=O)NC(CCC(=O)O)C(=O)NC(Cc1cnc[nH]1)C(=O)NC(Cc1cnc[nH]1)C(=O)O. The molecule has 16 nitrogen and oxygen atoms in total. The summed E-state index contributed by atoms with van der Waals surface area (Å²) in [5.41, 5.74) is 6.34. The van der Waals surface area contributed by atoms with E-state index in [0.29, 0.717) is 11.4 Å². The van der Waals surface area contributed by atoms with Crippen LogP contribution in [-0.4, -0.2) is 95.7 Å². The molecular formula is C20H28N8O8. The normalized spacial score (nSPS) is 14.2. The minimum atomic E-state index is -1.40. The number of aliphatic carboxylic acids is 2. The lowest BCUT2D eigenvalue weighted by Crippen LogP contribution is -2.58. The molecule has 0 bridgehead atoms. The van der Waals surface area contributed by atoms with E-state index in [1.54, 1.807) is 0 Å². The number of H-pyrrole nitrogens is 2. The van der Waals surface area contributed by atoms with Gasteiger partial charge in [0.15, 0.2) is 0 Å². The van der Waals surface area contributed by atoms with Gasteiger partial charge in [-0.05, 0) is 6.42 Å². The van der Waals surface area contributed by atoms with Gasteiger partial charge < -0.3 is 47.0 Å². The van der Waals surface area contributed by atoms with Crippen molar-refractivity contribution in [3.05, 3.63) is 36.4 Å². The van der Waals surface area contributed by atoms with Crippen LogP contribution in [0.4, 0.5) is 0 Å². The number of carboxylic acids is 2. The number of aromatic amines is 2. The number of hydrogen-bond acceptors (Lipinski definition) is 9. The lowest BCUT2D eigenvalue weighted by molar-refractivity contribution is -0.142. The Hall–Kier alpha value is -4.31. The molecule has 3 amide bonds. The Bertz CT molecular complexity index is 1030. The molecule has 4 unspecified atom stereocenters. The largest absolute Gasteiger partial charge is 0.481 e. The van der Waals surface area contributed by atoms with E-state index in [0.717, 1.165) is 0 Å². The van der Waals surface area contributed by atoms with E-state index in [9.17, 15) is 29.1 Å². The quantitative estimate of drug-likeness (QED) is 0.115. The number of aliphatic hydroxyl groups is 1. The first-order valence-corrected chi connectivity index (χ1v) is 10.8. The fourth-order valence-corrected chi connectivity index (χ4v) is 3.08. The van der Waals surface area contributed by atoms with Crippen LogP contribution < -0.4 is 21.7 Å². The number of carbonyl (C=O) groups is 5. The molecule has 0 aliphatic heterocycles. The number of aliphatic hydroxyl groups excluding tert-OH is 1. The van der Waals surface area contributed by atoms with Gasteiger partial charge in [-0.2, -0.15) is 0 Å². The van der Waals surface area contributed by atoms with E-state index in [2.05, 4.69) is 35.9 Å². The van der Waals surface area contributed by atoms with Gasteiger partial charge in [-0.25, -0.2) is 14.8 Å². The van der Waals surface area contributed by atoms with Crippen LogP contribution in [0, 0.1) is 0 Å². The molecule has 0 spiro atoms. The molecule has 16 heteroatoms. The summed E-state index contributed by atoms with van der Waals surface area (Å²) in [7, 11) is 0. The van der Waals surface area contributed by atoms with E-state index < -0.39 is 66.9 Å². The average molecular weight is 508 g/mol. The van der Waals surface area contributed by atoms with Crippen molar-refractivity contribution in [2.75, 3.05) is 6.61 Å². The molecule has 0 aliphatic carbocycles. The van der Waals surface area contributed by atoms with Crippen molar-refractivity contribution in [2.45, 2.75) is 49.9 Å². The van der Waals surface area contributed by atoms with Crippen LogP contribution in [0.15, 0.2) is 25.0 Å². The molecule has 10 N–H and O–H groups in total.